The summed E-state index contributed by atoms with van der Waals surface area (Å²) in [7, 11) is 0. The Morgan fingerprint density at radius 3 is 2.06 bits per heavy atom. The summed E-state index contributed by atoms with van der Waals surface area (Å²) in [6.07, 6.45) is -18.3. The van der Waals surface area contributed by atoms with Crippen molar-refractivity contribution in [3.63, 3.8) is 0 Å². The van der Waals surface area contributed by atoms with Crippen molar-refractivity contribution in [3.05, 3.63) is 65.7 Å². The van der Waals surface area contributed by atoms with Gasteiger partial charge < -0.3 is 79.1 Å². The predicted octanol–water partition coefficient (Wildman–Crippen LogP) is -1.96. The lowest BCUT2D eigenvalue weighted by Gasteiger charge is -2.46. The molecular formula is C34H44O17. The average Bonchev–Trinajstić information content (AvgIpc) is 3.11. The Balaban J connectivity index is 1.25. The Morgan fingerprint density at radius 1 is 0.745 bits per heavy atom. The third-order valence-electron chi connectivity index (χ3n) is 8.76. The summed E-state index contributed by atoms with van der Waals surface area (Å²) < 4.78 is 39.7. The number of phenolic OH excluding ortho intramolecular Hbond substituents is 2. The largest absolute Gasteiger partial charge is 0.508 e. The molecule has 2 aromatic rings. The molecule has 9 N–H and O–H groups in total. The van der Waals surface area contributed by atoms with Gasteiger partial charge in [-0.25, -0.2) is 4.79 Å². The average molecular weight is 725 g/mol. The van der Waals surface area contributed by atoms with E-state index in [1.165, 1.54) is 37.3 Å². The van der Waals surface area contributed by atoms with Gasteiger partial charge in [0, 0.05) is 6.08 Å². The van der Waals surface area contributed by atoms with Gasteiger partial charge in [0.1, 0.15) is 66.4 Å². The van der Waals surface area contributed by atoms with E-state index in [1.54, 1.807) is 24.3 Å². The third kappa shape index (κ3) is 9.79. The maximum absolute atomic E-state index is 12.9. The number of carbonyl (C=O) groups is 1. The van der Waals surface area contributed by atoms with E-state index < -0.39 is 105 Å². The lowest BCUT2D eigenvalue weighted by Crippen LogP contribution is -2.64. The summed E-state index contributed by atoms with van der Waals surface area (Å²) in [6, 6.07) is 12.4. The lowest BCUT2D eigenvalue weighted by atomic mass is 9.98. The lowest BCUT2D eigenvalue weighted by molar-refractivity contribution is -0.354. The van der Waals surface area contributed by atoms with Crippen molar-refractivity contribution in [2.24, 2.45) is 0 Å². The molecule has 3 aliphatic rings. The molecule has 0 unspecified atom stereocenters. The maximum Gasteiger partial charge on any atom is 0.331 e. The van der Waals surface area contributed by atoms with E-state index >= 15 is 0 Å². The van der Waals surface area contributed by atoms with Crippen molar-refractivity contribution < 1.29 is 83.9 Å². The molecule has 3 heterocycles. The zero-order valence-electron chi connectivity index (χ0n) is 27.5. The van der Waals surface area contributed by atoms with E-state index in [9.17, 15) is 50.8 Å². The molecule has 0 aromatic heterocycles. The molecule has 282 valence electrons. The Morgan fingerprint density at radius 2 is 1.37 bits per heavy atom. The highest BCUT2D eigenvalue weighted by atomic mass is 16.7. The molecular weight excluding hydrogens is 680 g/mol. The Hall–Kier alpha value is -3.27. The third-order valence-corrected chi connectivity index (χ3v) is 8.76. The van der Waals surface area contributed by atoms with Crippen molar-refractivity contribution in [1.82, 2.24) is 0 Å². The Kier molecular flexibility index (Phi) is 13.4. The van der Waals surface area contributed by atoms with Crippen molar-refractivity contribution in [2.75, 3.05) is 19.8 Å². The van der Waals surface area contributed by atoms with Crippen LogP contribution in [0.25, 0.3) is 6.08 Å². The molecule has 5 rings (SSSR count). The molecule has 3 fully saturated rings. The van der Waals surface area contributed by atoms with E-state index in [-0.39, 0.29) is 18.1 Å². The van der Waals surface area contributed by atoms with Crippen LogP contribution < -0.4 is 0 Å². The van der Waals surface area contributed by atoms with Crippen molar-refractivity contribution in [3.8, 4) is 11.5 Å². The van der Waals surface area contributed by atoms with Gasteiger partial charge in [-0.05, 0) is 54.8 Å². The molecule has 0 radical (unpaired) electrons. The van der Waals surface area contributed by atoms with Crippen LogP contribution in [-0.2, 0) is 44.4 Å². The first-order valence-corrected chi connectivity index (χ1v) is 16.4. The van der Waals surface area contributed by atoms with E-state index in [0.29, 0.717) is 12.0 Å². The van der Waals surface area contributed by atoms with Gasteiger partial charge in [-0.15, -0.1) is 0 Å². The van der Waals surface area contributed by atoms with Crippen LogP contribution in [0.15, 0.2) is 54.6 Å². The van der Waals surface area contributed by atoms with Gasteiger partial charge in [-0.1, -0.05) is 24.3 Å². The van der Waals surface area contributed by atoms with E-state index in [2.05, 4.69) is 0 Å². The fourth-order valence-electron chi connectivity index (χ4n) is 5.76. The fourth-order valence-corrected chi connectivity index (χ4v) is 5.76. The summed E-state index contributed by atoms with van der Waals surface area (Å²) in [6.45, 7) is 0.619. The van der Waals surface area contributed by atoms with Crippen LogP contribution in [0.2, 0.25) is 0 Å². The van der Waals surface area contributed by atoms with Gasteiger partial charge in [0.05, 0.1) is 25.9 Å². The van der Waals surface area contributed by atoms with Crippen LogP contribution in [0.5, 0.6) is 11.5 Å². The molecule has 2 aromatic carbocycles. The molecule has 0 saturated carbocycles. The number of aliphatic hydroxyl groups excluding tert-OH is 7. The molecule has 3 saturated heterocycles. The second-order valence-corrected chi connectivity index (χ2v) is 12.5. The molecule has 0 aliphatic carbocycles. The second-order valence-electron chi connectivity index (χ2n) is 12.5. The number of aliphatic hydroxyl groups is 7. The summed E-state index contributed by atoms with van der Waals surface area (Å²) in [5, 5.41) is 92.6. The highest BCUT2D eigenvalue weighted by Gasteiger charge is 2.51. The van der Waals surface area contributed by atoms with E-state index in [1.807, 2.05) is 0 Å². The summed E-state index contributed by atoms with van der Waals surface area (Å²) in [4.78, 5) is 12.9. The Bertz CT molecular complexity index is 1420. The minimum atomic E-state index is -1.76. The summed E-state index contributed by atoms with van der Waals surface area (Å²) in [5.41, 5.74) is 1.39. The minimum Gasteiger partial charge on any atom is -0.508 e. The molecule has 0 amide bonds. The summed E-state index contributed by atoms with van der Waals surface area (Å²) >= 11 is 0. The minimum absolute atomic E-state index is 0.0341. The SMILES string of the molecule is C[C@@H]1O[C@H](OC[C@H]2O[C@@H](OCCc3ccc(O)cc3)[C@H](O)[C@@H](O)[C@@H]2O)[C@@H](O)[C@H](O[C@@H]2OC[C@H](O)[C@@H](O)[C@H]2O)[C@@H]1OC(=O)C=Cc1ccc(O)cc1. The topological polar surface area (TPSA) is 264 Å². The molecule has 0 bridgehead atoms. The quantitative estimate of drug-likeness (QED) is 0.0850. The van der Waals surface area contributed by atoms with Crippen LogP contribution >= 0.6 is 0 Å². The van der Waals surface area contributed by atoms with Gasteiger partial charge in [0.25, 0.3) is 0 Å². The number of benzene rings is 2. The van der Waals surface area contributed by atoms with Crippen LogP contribution in [0, 0.1) is 0 Å². The van der Waals surface area contributed by atoms with E-state index in [4.69, 9.17) is 33.2 Å². The van der Waals surface area contributed by atoms with Gasteiger partial charge in [-0.2, -0.15) is 0 Å². The number of aromatic hydroxyl groups is 2. The normalized spacial score (nSPS) is 37.3. The zero-order valence-corrected chi connectivity index (χ0v) is 27.5. The van der Waals surface area contributed by atoms with Crippen molar-refractivity contribution in [1.29, 1.82) is 0 Å². The van der Waals surface area contributed by atoms with Crippen molar-refractivity contribution in [2.45, 2.75) is 99.4 Å². The molecule has 17 heteroatoms. The first-order chi connectivity index (χ1) is 24.3. The van der Waals surface area contributed by atoms with Crippen LogP contribution in [0.3, 0.4) is 0 Å². The monoisotopic (exact) mass is 724 g/mol. The molecule has 3 aliphatic heterocycles. The molecule has 17 nitrogen and oxygen atoms in total. The van der Waals surface area contributed by atoms with Gasteiger partial charge >= 0.3 is 5.97 Å². The highest BCUT2D eigenvalue weighted by Crippen LogP contribution is 2.31. The van der Waals surface area contributed by atoms with Crippen LogP contribution in [-0.4, -0.2) is 158 Å². The molecule has 0 spiro atoms. The fraction of sp³-hybridized carbons (Fsp3) is 0.559. The number of phenols is 2. The van der Waals surface area contributed by atoms with Crippen LogP contribution in [0.4, 0.5) is 0 Å². The maximum atomic E-state index is 12.9. The molecule has 51 heavy (non-hydrogen) atoms. The smallest absolute Gasteiger partial charge is 0.331 e. The number of rotatable bonds is 12. The Labute approximate surface area is 292 Å². The number of hydrogen-bond donors (Lipinski definition) is 9. The zero-order chi connectivity index (χ0) is 36.8. The first kappa shape index (κ1) is 38.9. The second kappa shape index (κ2) is 17.5. The number of ether oxygens (including phenoxy) is 7. The van der Waals surface area contributed by atoms with Crippen LogP contribution in [0.1, 0.15) is 18.1 Å². The molecule has 14 atom stereocenters. The number of esters is 1. The first-order valence-electron chi connectivity index (χ1n) is 16.4. The summed E-state index contributed by atoms with van der Waals surface area (Å²) in [5.74, 6) is -0.738. The van der Waals surface area contributed by atoms with Gasteiger partial charge in [-0.3, -0.25) is 0 Å². The number of hydrogen-bond acceptors (Lipinski definition) is 17. The van der Waals surface area contributed by atoms with Crippen molar-refractivity contribution >= 4 is 12.0 Å². The van der Waals surface area contributed by atoms with Gasteiger partial charge in [0.15, 0.2) is 25.0 Å². The van der Waals surface area contributed by atoms with Gasteiger partial charge in [0.2, 0.25) is 0 Å². The number of carbonyl (C=O) groups excluding carboxylic acids is 1. The highest BCUT2D eigenvalue weighted by molar-refractivity contribution is 5.87. The van der Waals surface area contributed by atoms with E-state index in [0.717, 1.165) is 11.6 Å². The predicted molar refractivity (Wildman–Crippen MR) is 170 cm³/mol. The standard InChI is InChI=1S/C34H44O17/c1-16-30(50-23(38)11-6-17-2-7-19(35)8-3-17)31(51-33-27(42)24(39)21(37)14-46-33)29(44)34(48-16)47-15-22-25(40)26(41)28(43)32(49-22)45-13-12-18-4-9-20(36)10-5-18/h2-11,16,21-22,24-37,39-44H,12-15H2,1H3/t16-,21-,22+,24+,25+,26-,27+,28+,29-,30+,31-,32+,33-,34-/m0/s1.